The lowest BCUT2D eigenvalue weighted by Gasteiger charge is -2.39. The van der Waals surface area contributed by atoms with Gasteiger partial charge in [0, 0.05) is 32.0 Å². The molecule has 4 heterocycles. The second-order valence-corrected chi connectivity index (χ2v) is 8.01. The number of hydrogen-bond donors (Lipinski definition) is 0. The van der Waals surface area contributed by atoms with Crippen molar-refractivity contribution in [3.05, 3.63) is 52.5 Å². The zero-order valence-electron chi connectivity index (χ0n) is 13.7. The first-order valence-corrected chi connectivity index (χ1v) is 9.60. The molecule has 0 atom stereocenters. The summed E-state index contributed by atoms with van der Waals surface area (Å²) >= 11 is 1.81. The van der Waals surface area contributed by atoms with E-state index < -0.39 is 0 Å². The highest BCUT2D eigenvalue weighted by atomic mass is 32.1. The second kappa shape index (κ2) is 6.71. The number of likely N-dealkylation sites (tertiary alicyclic amines) is 2. The Morgan fingerprint density at radius 2 is 1.78 bits per heavy atom. The molecule has 2 saturated heterocycles. The van der Waals surface area contributed by atoms with E-state index in [2.05, 4.69) is 37.7 Å². The lowest BCUT2D eigenvalue weighted by molar-refractivity contribution is 0.102. The van der Waals surface area contributed by atoms with Gasteiger partial charge in [-0.1, -0.05) is 6.07 Å². The third-order valence-electron chi connectivity index (χ3n) is 5.55. The van der Waals surface area contributed by atoms with Gasteiger partial charge in [0.2, 0.25) is 0 Å². The van der Waals surface area contributed by atoms with Gasteiger partial charge in [-0.25, -0.2) is 0 Å². The fraction of sp³-hybridized carbons (Fsp3) is 0.526. The lowest BCUT2D eigenvalue weighted by Crippen LogP contribution is -2.41. The zero-order valence-corrected chi connectivity index (χ0v) is 14.5. The summed E-state index contributed by atoms with van der Waals surface area (Å²) in [4.78, 5) is 9.51. The third kappa shape index (κ3) is 3.65. The Labute approximate surface area is 143 Å². The number of thiophene rings is 1. The van der Waals surface area contributed by atoms with Crippen LogP contribution < -0.4 is 0 Å². The Morgan fingerprint density at radius 1 is 1.00 bits per heavy atom. The molecular weight excluding hydrogens is 302 g/mol. The van der Waals surface area contributed by atoms with E-state index >= 15 is 0 Å². The van der Waals surface area contributed by atoms with Crippen LogP contribution in [0.4, 0.5) is 0 Å². The molecule has 2 aromatic rings. The molecule has 4 heteroatoms. The van der Waals surface area contributed by atoms with E-state index in [0.29, 0.717) is 5.41 Å². The van der Waals surface area contributed by atoms with Gasteiger partial charge >= 0.3 is 0 Å². The van der Waals surface area contributed by atoms with E-state index in [0.717, 1.165) is 13.1 Å². The Balaban J connectivity index is 1.29. The first-order chi connectivity index (χ1) is 11.3. The van der Waals surface area contributed by atoms with Crippen LogP contribution in [0.1, 0.15) is 30.4 Å². The van der Waals surface area contributed by atoms with Crippen molar-refractivity contribution in [1.29, 1.82) is 0 Å². The highest BCUT2D eigenvalue weighted by Crippen LogP contribution is 2.41. The summed E-state index contributed by atoms with van der Waals surface area (Å²) in [5.74, 6) is 0. The van der Waals surface area contributed by atoms with E-state index in [4.69, 9.17) is 0 Å². The topological polar surface area (TPSA) is 19.4 Å². The van der Waals surface area contributed by atoms with Crippen molar-refractivity contribution in [2.24, 2.45) is 5.41 Å². The Hall–Kier alpha value is -1.23. The van der Waals surface area contributed by atoms with Gasteiger partial charge < -0.3 is 0 Å². The van der Waals surface area contributed by atoms with Gasteiger partial charge in [0.05, 0.1) is 0 Å². The lowest BCUT2D eigenvalue weighted by atomic mass is 9.77. The van der Waals surface area contributed by atoms with Crippen LogP contribution in [0, 0.1) is 5.41 Å². The summed E-state index contributed by atoms with van der Waals surface area (Å²) in [6.45, 7) is 7.24. The van der Waals surface area contributed by atoms with Gasteiger partial charge in [-0.05, 0) is 78.3 Å². The largest absolute Gasteiger partial charge is 0.299 e. The second-order valence-electron chi connectivity index (χ2n) is 7.23. The van der Waals surface area contributed by atoms with Crippen molar-refractivity contribution in [3.8, 4) is 0 Å². The number of nitrogens with zero attached hydrogens (tertiary/aromatic N) is 3. The monoisotopic (exact) mass is 327 g/mol. The summed E-state index contributed by atoms with van der Waals surface area (Å²) in [6.07, 6.45) is 7.97. The number of piperidine rings is 1. The smallest absolute Gasteiger partial charge is 0.0312 e. The molecule has 3 nitrogen and oxygen atoms in total. The van der Waals surface area contributed by atoms with Crippen molar-refractivity contribution < 1.29 is 0 Å². The number of aromatic nitrogens is 1. The average Bonchev–Trinajstić information content (AvgIpc) is 3.22. The van der Waals surface area contributed by atoms with Crippen LogP contribution in [0.5, 0.6) is 0 Å². The molecule has 2 fully saturated rings. The number of pyridine rings is 1. The molecule has 23 heavy (non-hydrogen) atoms. The zero-order chi connectivity index (χ0) is 15.5. The van der Waals surface area contributed by atoms with Crippen molar-refractivity contribution in [1.82, 2.24) is 14.8 Å². The maximum Gasteiger partial charge on any atom is 0.0312 e. The fourth-order valence-corrected chi connectivity index (χ4v) is 4.81. The molecule has 1 spiro atoms. The molecule has 122 valence electrons. The van der Waals surface area contributed by atoms with Gasteiger partial charge in [-0.15, -0.1) is 0 Å². The number of rotatable bonds is 4. The molecule has 2 aliphatic rings. The first kappa shape index (κ1) is 15.3. The van der Waals surface area contributed by atoms with E-state index in [1.165, 1.54) is 56.6 Å². The normalized spacial score (nSPS) is 21.9. The van der Waals surface area contributed by atoms with Crippen molar-refractivity contribution >= 4 is 11.3 Å². The molecule has 0 aliphatic carbocycles. The number of hydrogen-bond acceptors (Lipinski definition) is 4. The van der Waals surface area contributed by atoms with E-state index in [1.54, 1.807) is 0 Å². The standard InChI is InChI=1S/C19H25N3S/c1-2-17(12-20-7-1)13-22-10-6-19(16-22)4-8-21(9-5-19)14-18-3-11-23-15-18/h1-3,7,11-12,15H,4-6,8-10,13-14,16H2. The van der Waals surface area contributed by atoms with Gasteiger partial charge in [-0.2, -0.15) is 11.3 Å². The molecule has 0 radical (unpaired) electrons. The summed E-state index contributed by atoms with van der Waals surface area (Å²) < 4.78 is 0. The minimum absolute atomic E-state index is 0.577. The molecule has 0 N–H and O–H groups in total. The minimum Gasteiger partial charge on any atom is -0.299 e. The molecule has 0 unspecified atom stereocenters. The Morgan fingerprint density at radius 3 is 2.48 bits per heavy atom. The van der Waals surface area contributed by atoms with Gasteiger partial charge in [0.1, 0.15) is 0 Å². The maximum absolute atomic E-state index is 4.24. The van der Waals surface area contributed by atoms with Crippen LogP contribution in [-0.4, -0.2) is 41.0 Å². The molecule has 2 aliphatic heterocycles. The highest BCUT2D eigenvalue weighted by Gasteiger charge is 2.40. The van der Waals surface area contributed by atoms with Crippen LogP contribution in [0.2, 0.25) is 0 Å². The van der Waals surface area contributed by atoms with E-state index in [9.17, 15) is 0 Å². The highest BCUT2D eigenvalue weighted by molar-refractivity contribution is 7.07. The molecular formula is C19H25N3S. The summed E-state index contributed by atoms with van der Waals surface area (Å²) in [7, 11) is 0. The summed E-state index contributed by atoms with van der Waals surface area (Å²) in [6, 6.07) is 6.51. The predicted octanol–water partition coefficient (Wildman–Crippen LogP) is 3.63. The SMILES string of the molecule is c1cncc(CN2CCC3(CCN(Cc4ccsc4)CC3)C2)c1. The predicted molar refractivity (Wildman–Crippen MR) is 95.4 cm³/mol. The molecule has 0 amide bonds. The quantitative estimate of drug-likeness (QED) is 0.855. The van der Waals surface area contributed by atoms with E-state index in [1.807, 2.05) is 29.8 Å². The molecule has 0 bridgehead atoms. The van der Waals surface area contributed by atoms with E-state index in [-0.39, 0.29) is 0 Å². The molecule has 2 aromatic heterocycles. The van der Waals surface area contributed by atoms with Crippen molar-refractivity contribution in [2.75, 3.05) is 26.2 Å². The van der Waals surface area contributed by atoms with Gasteiger partial charge in [0.15, 0.2) is 0 Å². The Bertz CT molecular complexity index is 603. The maximum atomic E-state index is 4.24. The summed E-state index contributed by atoms with van der Waals surface area (Å²) in [5, 5.41) is 4.48. The van der Waals surface area contributed by atoms with Crippen LogP contribution in [0.3, 0.4) is 0 Å². The van der Waals surface area contributed by atoms with Crippen molar-refractivity contribution in [3.63, 3.8) is 0 Å². The molecule has 0 saturated carbocycles. The van der Waals surface area contributed by atoms with Gasteiger partial charge in [-0.3, -0.25) is 14.8 Å². The van der Waals surface area contributed by atoms with Crippen LogP contribution in [0.15, 0.2) is 41.4 Å². The van der Waals surface area contributed by atoms with Crippen LogP contribution >= 0.6 is 11.3 Å². The van der Waals surface area contributed by atoms with Crippen LogP contribution in [-0.2, 0) is 13.1 Å². The summed E-state index contributed by atoms with van der Waals surface area (Å²) in [5.41, 5.74) is 3.41. The molecule has 0 aromatic carbocycles. The van der Waals surface area contributed by atoms with Crippen LogP contribution in [0.25, 0.3) is 0 Å². The Kier molecular flexibility index (Phi) is 4.47. The first-order valence-electron chi connectivity index (χ1n) is 8.66. The third-order valence-corrected chi connectivity index (χ3v) is 6.28. The fourth-order valence-electron chi connectivity index (χ4n) is 4.15. The average molecular weight is 327 g/mol. The van der Waals surface area contributed by atoms with Gasteiger partial charge in [0.25, 0.3) is 0 Å². The minimum atomic E-state index is 0.577. The van der Waals surface area contributed by atoms with Crippen molar-refractivity contribution in [2.45, 2.75) is 32.4 Å². The molecule has 4 rings (SSSR count).